The number of ether oxygens (including phenoxy) is 3. The zero-order chi connectivity index (χ0) is 26.7. The number of rotatable bonds is 5. The third-order valence-electron chi connectivity index (χ3n) is 9.24. The second-order valence-corrected chi connectivity index (χ2v) is 11.8. The fourth-order valence-corrected chi connectivity index (χ4v) is 7.24. The highest BCUT2D eigenvalue weighted by Crippen LogP contribution is 2.61. The molecule has 2 aliphatic carbocycles. The minimum atomic E-state index is -0.705. The number of esters is 2. The van der Waals surface area contributed by atoms with E-state index in [1.165, 1.54) is 12.1 Å². The van der Waals surface area contributed by atoms with Crippen molar-refractivity contribution in [2.45, 2.75) is 89.3 Å². The summed E-state index contributed by atoms with van der Waals surface area (Å²) in [5.74, 6) is 0.0723. The molecule has 2 saturated carbocycles. The Kier molecular flexibility index (Phi) is 6.36. The first-order valence-electron chi connectivity index (χ1n) is 13.6. The average molecular weight is 527 g/mol. The molecule has 5 aliphatic rings. The highest BCUT2D eigenvalue weighted by molar-refractivity contribution is 5.81. The smallest absolute Gasteiger partial charge is 0.336 e. The number of fused-ring (bicyclic) bond motifs is 3. The van der Waals surface area contributed by atoms with Crippen LogP contribution < -0.4 is 10.4 Å². The first kappa shape index (κ1) is 25.5. The summed E-state index contributed by atoms with van der Waals surface area (Å²) < 4.78 is 22.8. The molecule has 38 heavy (non-hydrogen) atoms. The molecule has 0 N–H and O–H groups in total. The Bertz CT molecular complexity index is 1300. The van der Waals surface area contributed by atoms with Crippen molar-refractivity contribution in [2.75, 3.05) is 0 Å². The van der Waals surface area contributed by atoms with E-state index in [-0.39, 0.29) is 36.5 Å². The van der Waals surface area contributed by atoms with E-state index in [9.17, 15) is 14.4 Å². The van der Waals surface area contributed by atoms with Crippen molar-refractivity contribution in [3.05, 3.63) is 40.8 Å². The summed E-state index contributed by atoms with van der Waals surface area (Å²) in [4.78, 5) is 48.9. The molecule has 9 heteroatoms. The predicted molar refractivity (Wildman–Crippen MR) is 134 cm³/mol. The van der Waals surface area contributed by atoms with Crippen molar-refractivity contribution in [3.63, 3.8) is 0 Å². The van der Waals surface area contributed by atoms with Crippen LogP contribution >= 0.6 is 0 Å². The summed E-state index contributed by atoms with van der Waals surface area (Å²) in [6.07, 6.45) is 3.51. The summed E-state index contributed by atoms with van der Waals surface area (Å²) >= 11 is 0. The van der Waals surface area contributed by atoms with Gasteiger partial charge >= 0.3 is 17.6 Å². The van der Waals surface area contributed by atoms with Gasteiger partial charge in [0.1, 0.15) is 22.5 Å². The molecule has 3 aliphatic heterocycles. The number of carbonyl (C=O) groups excluding carboxylic acids is 2. The molecule has 1 aromatic carbocycles. The third kappa shape index (κ3) is 4.34. The Labute approximate surface area is 220 Å². The topological polar surface area (TPSA) is 111 Å². The Morgan fingerprint density at radius 2 is 1.79 bits per heavy atom. The van der Waals surface area contributed by atoms with E-state index in [4.69, 9.17) is 28.4 Å². The first-order valence-corrected chi connectivity index (χ1v) is 13.6. The van der Waals surface area contributed by atoms with Crippen molar-refractivity contribution < 1.29 is 38.0 Å². The molecular weight excluding hydrogens is 492 g/mol. The van der Waals surface area contributed by atoms with Crippen molar-refractivity contribution in [1.29, 1.82) is 0 Å². The molecule has 8 atom stereocenters. The van der Waals surface area contributed by atoms with Crippen molar-refractivity contribution in [3.8, 4) is 5.75 Å². The molecule has 1 spiro atoms. The fourth-order valence-electron chi connectivity index (χ4n) is 7.24. The normalized spacial score (nSPS) is 37.8. The highest BCUT2D eigenvalue weighted by atomic mass is 17.2. The molecule has 0 radical (unpaired) electrons. The lowest BCUT2D eigenvalue weighted by atomic mass is 9.56. The van der Waals surface area contributed by atoms with E-state index in [0.29, 0.717) is 29.2 Å². The lowest BCUT2D eigenvalue weighted by Crippen LogP contribution is -2.69. The van der Waals surface area contributed by atoms with Crippen LogP contribution in [-0.2, 0) is 28.8 Å². The molecule has 2 aromatic rings. The van der Waals surface area contributed by atoms with Gasteiger partial charge in [-0.25, -0.2) is 14.6 Å². The van der Waals surface area contributed by atoms with Crippen LogP contribution in [0.5, 0.6) is 5.75 Å². The van der Waals surface area contributed by atoms with Crippen molar-refractivity contribution >= 4 is 22.9 Å². The molecule has 4 heterocycles. The largest absolute Gasteiger partial charge is 0.435 e. The minimum Gasteiger partial charge on any atom is -0.435 e. The van der Waals surface area contributed by atoms with E-state index < -0.39 is 35.1 Å². The molecular formula is C29H34O9. The minimum absolute atomic E-state index is 0.0736. The number of benzene rings is 1. The van der Waals surface area contributed by atoms with Gasteiger partial charge in [0, 0.05) is 35.8 Å². The summed E-state index contributed by atoms with van der Waals surface area (Å²) in [5.41, 5.74) is -1.10. The number of hydrogen-bond acceptors (Lipinski definition) is 9. The Balaban J connectivity index is 1.09. The molecule has 1 aromatic heterocycles. The monoisotopic (exact) mass is 526 g/mol. The van der Waals surface area contributed by atoms with Crippen LogP contribution in [0.4, 0.5) is 0 Å². The molecule has 2 bridgehead atoms. The van der Waals surface area contributed by atoms with E-state index in [1.807, 2.05) is 0 Å². The maximum absolute atomic E-state index is 12.8. The highest BCUT2D eigenvalue weighted by Gasteiger charge is 2.68. The molecule has 9 nitrogen and oxygen atoms in total. The van der Waals surface area contributed by atoms with E-state index >= 15 is 0 Å². The van der Waals surface area contributed by atoms with E-state index in [1.54, 1.807) is 18.2 Å². The SMILES string of the molecule is C[C@H]1[C@H](OC(=O)CCC(=O)Oc2ccc3ccc(=O)oc3c2)O[C@@H]2C[C@]3(C)CC[C@H]4[C@H](C)CC[C@@H]1[C@@]24OO3. The summed E-state index contributed by atoms with van der Waals surface area (Å²) in [7, 11) is 0. The van der Waals surface area contributed by atoms with Gasteiger partial charge in [0.25, 0.3) is 0 Å². The third-order valence-corrected chi connectivity index (χ3v) is 9.24. The maximum atomic E-state index is 12.8. The Morgan fingerprint density at radius 3 is 2.63 bits per heavy atom. The molecule has 3 saturated heterocycles. The van der Waals surface area contributed by atoms with Crippen molar-refractivity contribution in [2.24, 2.45) is 23.7 Å². The van der Waals surface area contributed by atoms with Crippen LogP contribution in [-0.4, -0.2) is 35.5 Å². The van der Waals surface area contributed by atoms with Gasteiger partial charge in [-0.2, -0.15) is 0 Å². The van der Waals surface area contributed by atoms with Crippen molar-refractivity contribution in [1.82, 2.24) is 0 Å². The second kappa shape index (κ2) is 9.47. The van der Waals surface area contributed by atoms with Crippen LogP contribution in [0, 0.1) is 23.7 Å². The van der Waals surface area contributed by atoms with Crippen LogP contribution in [0.1, 0.15) is 65.7 Å². The van der Waals surface area contributed by atoms with Gasteiger partial charge in [0.05, 0.1) is 18.9 Å². The van der Waals surface area contributed by atoms with Crippen LogP contribution in [0.15, 0.2) is 39.5 Å². The average Bonchev–Trinajstić information content (AvgIpc) is 3.11. The molecule has 0 amide bonds. The maximum Gasteiger partial charge on any atom is 0.336 e. The molecule has 5 fully saturated rings. The standard InChI is InChI=1S/C29H34O9/c1-16-4-8-21-17(2)27(35-23-15-28(3)13-12-20(16)29(21,23)38-37-28)36-26(32)11-10-24(30)33-19-7-5-18-6-9-25(31)34-22(18)14-19/h5-7,9,14,16-17,20-21,23,27H,4,8,10-13,15H2,1-3H3/t16-,17-,20+,21+,23-,27+,28+,29-/m1/s1. The van der Waals surface area contributed by atoms with Crippen LogP contribution in [0.2, 0.25) is 0 Å². The van der Waals surface area contributed by atoms with Crippen LogP contribution in [0.3, 0.4) is 0 Å². The van der Waals surface area contributed by atoms with Gasteiger partial charge in [-0.1, -0.05) is 13.8 Å². The number of carbonyl (C=O) groups is 2. The fraction of sp³-hybridized carbons (Fsp3) is 0.621. The summed E-state index contributed by atoms with van der Waals surface area (Å²) in [6.45, 7) is 6.41. The zero-order valence-corrected chi connectivity index (χ0v) is 22.0. The molecule has 204 valence electrons. The van der Waals surface area contributed by atoms with Gasteiger partial charge in [0.15, 0.2) is 0 Å². The summed E-state index contributed by atoms with van der Waals surface area (Å²) in [6, 6.07) is 7.73. The number of hydrogen-bond donors (Lipinski definition) is 0. The lowest BCUT2D eigenvalue weighted by Gasteiger charge is -2.60. The van der Waals surface area contributed by atoms with E-state index in [0.717, 1.165) is 25.7 Å². The quantitative estimate of drug-likeness (QED) is 0.237. The van der Waals surface area contributed by atoms with Gasteiger partial charge in [-0.3, -0.25) is 9.59 Å². The predicted octanol–water partition coefficient (Wildman–Crippen LogP) is 4.69. The van der Waals surface area contributed by atoms with Gasteiger partial charge in [-0.05, 0) is 62.6 Å². The second-order valence-electron chi connectivity index (χ2n) is 11.8. The Morgan fingerprint density at radius 1 is 1.00 bits per heavy atom. The van der Waals surface area contributed by atoms with E-state index in [2.05, 4.69) is 20.8 Å². The summed E-state index contributed by atoms with van der Waals surface area (Å²) in [5, 5.41) is 0.711. The lowest BCUT2D eigenvalue weighted by molar-refractivity contribution is -0.494. The zero-order valence-electron chi connectivity index (χ0n) is 22.0. The van der Waals surface area contributed by atoms with Crippen LogP contribution in [0.25, 0.3) is 11.0 Å². The first-order chi connectivity index (χ1) is 18.2. The Hall–Kier alpha value is -2.75. The van der Waals surface area contributed by atoms with Gasteiger partial charge in [0.2, 0.25) is 6.29 Å². The van der Waals surface area contributed by atoms with Gasteiger partial charge in [-0.15, -0.1) is 0 Å². The molecule has 0 unspecified atom stereocenters. The van der Waals surface area contributed by atoms with Gasteiger partial charge < -0.3 is 18.6 Å². The molecule has 7 rings (SSSR count).